The highest BCUT2D eigenvalue weighted by Crippen LogP contribution is 2.29. The first kappa shape index (κ1) is 27.1. The van der Waals surface area contributed by atoms with E-state index in [1.54, 1.807) is 29.2 Å². The van der Waals surface area contributed by atoms with E-state index in [2.05, 4.69) is 30.7 Å². The molecule has 0 radical (unpaired) electrons. The minimum absolute atomic E-state index is 0.0672. The molecule has 1 saturated heterocycles. The molecule has 0 aliphatic carbocycles. The Morgan fingerprint density at radius 1 is 1.30 bits per heavy atom. The number of sulfonamides is 1. The van der Waals surface area contributed by atoms with Crippen molar-refractivity contribution in [2.45, 2.75) is 36.9 Å². The molecule has 0 spiro atoms. The number of rotatable bonds is 6. The summed E-state index contributed by atoms with van der Waals surface area (Å²) in [5.74, 6) is 2.74. The van der Waals surface area contributed by atoms with Gasteiger partial charge in [0.25, 0.3) is 15.9 Å². The standard InChI is InChI=1S/C25H27N7O5S3/c1-3-16-4-6-19-17(12-16)13-23(26-19)40(35,36)31-10-11-32(18(14-31)5-7-22-28-37-39(34)29-22)25(33)24-27-20-8-9-30(2)15-21(20)38-24/h1,4,6,12-13,18,26H,5,7-11,14-15H2,2H3,(H,28,29). The third kappa shape index (κ3) is 5.18. The zero-order valence-corrected chi connectivity index (χ0v) is 24.1. The summed E-state index contributed by atoms with van der Waals surface area (Å²) in [7, 11) is -1.85. The van der Waals surface area contributed by atoms with Crippen LogP contribution >= 0.6 is 11.3 Å². The van der Waals surface area contributed by atoms with Crippen molar-refractivity contribution in [1.82, 2.24) is 29.6 Å². The zero-order chi connectivity index (χ0) is 28.0. The van der Waals surface area contributed by atoms with Gasteiger partial charge in [0.15, 0.2) is 5.01 Å². The maximum atomic E-state index is 13.7. The number of hydrogen-bond donors (Lipinski definition) is 2. The molecule has 2 aromatic heterocycles. The van der Waals surface area contributed by atoms with Crippen molar-refractivity contribution in [3.05, 3.63) is 45.4 Å². The van der Waals surface area contributed by atoms with Crippen molar-refractivity contribution >= 4 is 55.3 Å². The van der Waals surface area contributed by atoms with E-state index in [1.165, 1.54) is 15.6 Å². The molecule has 210 valence electrons. The number of nitrogens with zero attached hydrogens (tertiary/aromatic N) is 5. The minimum atomic E-state index is -3.89. The monoisotopic (exact) mass is 601 g/mol. The number of carbonyl (C=O) groups excluding carboxylic acids is 1. The Labute approximate surface area is 238 Å². The number of hydrogen-bond acceptors (Lipinski definition) is 9. The van der Waals surface area contributed by atoms with Crippen LogP contribution in [0.5, 0.6) is 0 Å². The average molecular weight is 602 g/mol. The lowest BCUT2D eigenvalue weighted by molar-refractivity contribution is 0.0552. The summed E-state index contributed by atoms with van der Waals surface area (Å²) in [4.78, 5) is 26.4. The van der Waals surface area contributed by atoms with E-state index in [0.29, 0.717) is 40.2 Å². The molecule has 12 nitrogen and oxygen atoms in total. The predicted molar refractivity (Wildman–Crippen MR) is 151 cm³/mol. The average Bonchev–Trinajstić information content (AvgIpc) is 3.68. The minimum Gasteiger partial charge on any atom is -0.345 e. The zero-order valence-electron chi connectivity index (χ0n) is 21.6. The Morgan fingerprint density at radius 2 is 2.15 bits per heavy atom. The number of H-pyrrole nitrogens is 1. The second-order valence-electron chi connectivity index (χ2n) is 9.95. The lowest BCUT2D eigenvalue weighted by atomic mass is 10.1. The van der Waals surface area contributed by atoms with Gasteiger partial charge in [-0.2, -0.15) is 8.59 Å². The predicted octanol–water partition coefficient (Wildman–Crippen LogP) is 1.40. The maximum absolute atomic E-state index is 13.7. The summed E-state index contributed by atoms with van der Waals surface area (Å²) in [6, 6.07) is 6.39. The van der Waals surface area contributed by atoms with Gasteiger partial charge in [0.2, 0.25) is 0 Å². The Balaban J connectivity index is 1.26. The van der Waals surface area contributed by atoms with E-state index in [9.17, 15) is 17.4 Å². The number of piperazine rings is 1. The van der Waals surface area contributed by atoms with E-state index >= 15 is 0 Å². The number of aromatic nitrogens is 2. The molecule has 0 saturated carbocycles. The molecule has 2 N–H and O–H groups in total. The number of fused-ring (bicyclic) bond motifs is 2. The van der Waals surface area contributed by atoms with Gasteiger partial charge in [0.1, 0.15) is 10.9 Å². The first-order chi connectivity index (χ1) is 19.2. The number of hydroxylamine groups is 1. The maximum Gasteiger partial charge on any atom is 0.309 e. The summed E-state index contributed by atoms with van der Waals surface area (Å²) in [6.07, 6.45) is 7.00. The third-order valence-electron chi connectivity index (χ3n) is 7.32. The van der Waals surface area contributed by atoms with Gasteiger partial charge >= 0.3 is 11.3 Å². The molecular weight excluding hydrogens is 575 g/mol. The third-order valence-corrected chi connectivity index (χ3v) is 10.8. The number of terminal acetylenes is 1. The molecule has 3 aliphatic heterocycles. The van der Waals surface area contributed by atoms with Crippen LogP contribution in [-0.4, -0.2) is 87.7 Å². The number of amides is 1. The van der Waals surface area contributed by atoms with Gasteiger partial charge < -0.3 is 14.8 Å². The van der Waals surface area contributed by atoms with Gasteiger partial charge in [-0.1, -0.05) is 5.92 Å². The smallest absolute Gasteiger partial charge is 0.309 e. The number of amidine groups is 1. The largest absolute Gasteiger partial charge is 0.345 e. The van der Waals surface area contributed by atoms with Crippen LogP contribution in [0.25, 0.3) is 10.9 Å². The van der Waals surface area contributed by atoms with Gasteiger partial charge in [-0.3, -0.25) is 4.79 Å². The normalized spacial score (nSPS) is 22.1. The number of carbonyl (C=O) groups is 1. The van der Waals surface area contributed by atoms with E-state index in [1.807, 2.05) is 7.05 Å². The van der Waals surface area contributed by atoms with Gasteiger partial charge in [0, 0.05) is 73.0 Å². The van der Waals surface area contributed by atoms with E-state index in [0.717, 1.165) is 30.1 Å². The Kier molecular flexibility index (Phi) is 7.23. The molecule has 2 unspecified atom stereocenters. The van der Waals surface area contributed by atoms with Crippen molar-refractivity contribution in [1.29, 1.82) is 0 Å². The Bertz CT molecular complexity index is 1690. The molecule has 40 heavy (non-hydrogen) atoms. The van der Waals surface area contributed by atoms with Crippen LogP contribution in [0.15, 0.2) is 33.7 Å². The summed E-state index contributed by atoms with van der Waals surface area (Å²) in [5.41, 5.74) is 4.81. The van der Waals surface area contributed by atoms with Crippen LogP contribution in [0, 0.1) is 12.3 Å². The highest BCUT2D eigenvalue weighted by Gasteiger charge is 2.38. The molecule has 1 fully saturated rings. The lowest BCUT2D eigenvalue weighted by Gasteiger charge is -2.40. The van der Waals surface area contributed by atoms with Crippen LogP contribution in [-0.2, 0) is 38.5 Å². The Morgan fingerprint density at radius 3 is 2.92 bits per heavy atom. The number of nitrogens with one attached hydrogen (secondary N) is 2. The fourth-order valence-corrected chi connectivity index (χ4v) is 8.32. The molecule has 3 aliphatic rings. The lowest BCUT2D eigenvalue weighted by Crippen LogP contribution is -2.56. The second-order valence-corrected chi connectivity index (χ2v) is 13.7. The summed E-state index contributed by atoms with van der Waals surface area (Å²) in [5, 5.41) is 1.19. The van der Waals surface area contributed by atoms with Gasteiger partial charge in [0.05, 0.1) is 5.69 Å². The van der Waals surface area contributed by atoms with Crippen molar-refractivity contribution in [3.8, 4) is 12.3 Å². The SMILES string of the molecule is C#Cc1ccc2[nH]c(S(=O)(=O)N3CCN(C(=O)c4nc5c(s4)CN(C)CC5)C(CCC4=NS(=O)ON4)C3)cc2c1. The van der Waals surface area contributed by atoms with Crippen molar-refractivity contribution < 1.29 is 21.7 Å². The fraction of sp³-hybridized carbons (Fsp3) is 0.400. The molecule has 5 heterocycles. The van der Waals surface area contributed by atoms with Crippen LogP contribution < -0.4 is 5.48 Å². The molecule has 3 aromatic rings. The summed E-state index contributed by atoms with van der Waals surface area (Å²) in [6.45, 7) is 2.07. The second kappa shape index (κ2) is 10.7. The van der Waals surface area contributed by atoms with Crippen molar-refractivity contribution in [3.63, 3.8) is 0 Å². The van der Waals surface area contributed by atoms with Crippen LogP contribution in [0.2, 0.25) is 0 Å². The quantitative estimate of drug-likeness (QED) is 0.404. The number of benzene rings is 1. The highest BCUT2D eigenvalue weighted by molar-refractivity contribution is 7.89. The molecule has 1 amide bonds. The van der Waals surface area contributed by atoms with Crippen LogP contribution in [0.3, 0.4) is 0 Å². The van der Waals surface area contributed by atoms with Crippen LogP contribution in [0.1, 0.15) is 38.8 Å². The molecule has 1 aromatic carbocycles. The molecule has 0 bridgehead atoms. The first-order valence-corrected chi connectivity index (χ1v) is 16.0. The van der Waals surface area contributed by atoms with Gasteiger partial charge in [-0.15, -0.1) is 22.2 Å². The topological polar surface area (TPSA) is 140 Å². The summed E-state index contributed by atoms with van der Waals surface area (Å²) < 4.78 is 49.0. The molecular formula is C25H27N7O5S3. The van der Waals surface area contributed by atoms with Gasteiger partial charge in [-0.05, 0) is 37.7 Å². The summed E-state index contributed by atoms with van der Waals surface area (Å²) >= 11 is -0.397. The molecule has 15 heteroatoms. The first-order valence-electron chi connectivity index (χ1n) is 12.7. The number of aromatic amines is 1. The van der Waals surface area contributed by atoms with E-state index < -0.39 is 27.3 Å². The van der Waals surface area contributed by atoms with Crippen molar-refractivity contribution in [2.24, 2.45) is 4.40 Å². The highest BCUT2D eigenvalue weighted by atomic mass is 32.2. The molecule has 2 atom stereocenters. The van der Waals surface area contributed by atoms with Crippen molar-refractivity contribution in [2.75, 3.05) is 33.2 Å². The molecule has 6 rings (SSSR count). The number of likely N-dealkylation sites (N-methyl/N-ethyl adjacent to an activating group) is 1. The van der Waals surface area contributed by atoms with Gasteiger partial charge in [-0.25, -0.2) is 23.1 Å². The Hall–Kier alpha value is -3.13. The van der Waals surface area contributed by atoms with E-state index in [-0.39, 0.29) is 30.6 Å². The fourth-order valence-electron chi connectivity index (χ4n) is 5.18. The number of thiazole rings is 1. The van der Waals surface area contributed by atoms with Crippen LogP contribution in [0.4, 0.5) is 0 Å². The van der Waals surface area contributed by atoms with E-state index in [4.69, 9.17) is 10.7 Å².